The average Bonchev–Trinajstić information content (AvgIpc) is 2.92. The van der Waals surface area contributed by atoms with Gasteiger partial charge in [0.25, 0.3) is 5.91 Å². The van der Waals surface area contributed by atoms with Crippen molar-refractivity contribution in [3.8, 4) is 0 Å². The third kappa shape index (κ3) is 3.71. The second kappa shape index (κ2) is 7.26. The summed E-state index contributed by atoms with van der Waals surface area (Å²) in [5.74, 6) is 0.420. The molecule has 5 heteroatoms. The van der Waals surface area contributed by atoms with Crippen molar-refractivity contribution in [2.45, 2.75) is 6.42 Å². The predicted octanol–water partition coefficient (Wildman–Crippen LogP) is 1.39. The van der Waals surface area contributed by atoms with Crippen molar-refractivity contribution in [2.75, 3.05) is 45.8 Å². The zero-order valence-electron chi connectivity index (χ0n) is 11.9. The first-order valence-corrected chi connectivity index (χ1v) is 6.93. The van der Waals surface area contributed by atoms with E-state index in [1.54, 1.807) is 19.2 Å². The molecule has 1 unspecified atom stereocenters. The van der Waals surface area contributed by atoms with E-state index in [1.165, 1.54) is 0 Å². The number of benzene rings is 1. The number of amides is 1. The number of anilines is 1. The first-order valence-electron chi connectivity index (χ1n) is 6.93. The van der Waals surface area contributed by atoms with Gasteiger partial charge >= 0.3 is 0 Å². The Morgan fingerprint density at radius 2 is 2.20 bits per heavy atom. The molecule has 20 heavy (non-hydrogen) atoms. The lowest BCUT2D eigenvalue weighted by molar-refractivity contribution is 0.0515. The Morgan fingerprint density at radius 1 is 1.40 bits per heavy atom. The summed E-state index contributed by atoms with van der Waals surface area (Å²) in [6, 6.07) is 7.21. The number of hydrogen-bond donors (Lipinski definition) is 1. The minimum atomic E-state index is 0.0162. The van der Waals surface area contributed by atoms with Crippen LogP contribution in [0.1, 0.15) is 16.8 Å². The van der Waals surface area contributed by atoms with Crippen molar-refractivity contribution in [2.24, 2.45) is 5.92 Å². The lowest BCUT2D eigenvalue weighted by Gasteiger charge is -2.17. The predicted molar refractivity (Wildman–Crippen MR) is 77.6 cm³/mol. The highest BCUT2D eigenvalue weighted by Gasteiger charge is 2.27. The molecule has 1 aromatic carbocycles. The molecule has 2 N–H and O–H groups in total. The molecule has 0 radical (unpaired) electrons. The summed E-state index contributed by atoms with van der Waals surface area (Å²) in [5.41, 5.74) is 6.98. The summed E-state index contributed by atoms with van der Waals surface area (Å²) in [6.07, 6.45) is 0.978. The summed E-state index contributed by atoms with van der Waals surface area (Å²) in [4.78, 5) is 14.2. The van der Waals surface area contributed by atoms with Crippen molar-refractivity contribution < 1.29 is 14.3 Å². The van der Waals surface area contributed by atoms with Crippen LogP contribution in [-0.4, -0.2) is 50.8 Å². The Hall–Kier alpha value is -1.59. The van der Waals surface area contributed by atoms with Gasteiger partial charge in [-0.1, -0.05) is 12.1 Å². The molecule has 1 aliphatic rings. The van der Waals surface area contributed by atoms with Crippen LogP contribution in [0.25, 0.3) is 0 Å². The van der Waals surface area contributed by atoms with Gasteiger partial charge in [-0.25, -0.2) is 0 Å². The van der Waals surface area contributed by atoms with E-state index in [0.717, 1.165) is 19.5 Å². The summed E-state index contributed by atoms with van der Waals surface area (Å²) < 4.78 is 10.5. The molecule has 1 amide bonds. The molecular formula is C15H22N2O3. The van der Waals surface area contributed by atoms with E-state index in [2.05, 4.69) is 0 Å². The number of carbonyl (C=O) groups excluding carboxylic acids is 1. The monoisotopic (exact) mass is 278 g/mol. The van der Waals surface area contributed by atoms with Gasteiger partial charge in [-0.05, 0) is 18.6 Å². The number of nitrogen functional groups attached to an aromatic ring is 1. The summed E-state index contributed by atoms with van der Waals surface area (Å²) in [5, 5.41) is 0. The van der Waals surface area contributed by atoms with Crippen molar-refractivity contribution in [3.05, 3.63) is 29.8 Å². The Bertz CT molecular complexity index is 450. The number of carbonyl (C=O) groups is 1. The maximum absolute atomic E-state index is 12.4. The molecule has 1 fully saturated rings. The van der Waals surface area contributed by atoms with Crippen LogP contribution in [0.3, 0.4) is 0 Å². The molecule has 0 spiro atoms. The van der Waals surface area contributed by atoms with Gasteiger partial charge in [0.2, 0.25) is 0 Å². The zero-order valence-corrected chi connectivity index (χ0v) is 11.9. The fourth-order valence-electron chi connectivity index (χ4n) is 2.41. The maximum atomic E-state index is 12.4. The fraction of sp³-hybridized carbons (Fsp3) is 0.533. The molecule has 2 rings (SSSR count). The van der Waals surface area contributed by atoms with Crippen LogP contribution >= 0.6 is 0 Å². The van der Waals surface area contributed by atoms with Gasteiger partial charge in [0, 0.05) is 31.8 Å². The Kier molecular flexibility index (Phi) is 5.38. The SMILES string of the molecule is COCCOCC1CCN(C(=O)c2ccccc2N)C1. The number of likely N-dealkylation sites (tertiary alicyclic amines) is 1. The first-order chi connectivity index (χ1) is 9.72. The number of hydrogen-bond acceptors (Lipinski definition) is 4. The van der Waals surface area contributed by atoms with Gasteiger partial charge < -0.3 is 20.1 Å². The highest BCUT2D eigenvalue weighted by Crippen LogP contribution is 2.21. The molecule has 1 saturated heterocycles. The van der Waals surface area contributed by atoms with E-state index < -0.39 is 0 Å². The highest BCUT2D eigenvalue weighted by atomic mass is 16.5. The van der Waals surface area contributed by atoms with Gasteiger partial charge in [-0.3, -0.25) is 4.79 Å². The van der Waals surface area contributed by atoms with Crippen LogP contribution in [0.4, 0.5) is 5.69 Å². The summed E-state index contributed by atoms with van der Waals surface area (Å²) in [7, 11) is 1.66. The number of methoxy groups -OCH3 is 1. The van der Waals surface area contributed by atoms with Crippen LogP contribution in [0.15, 0.2) is 24.3 Å². The Balaban J connectivity index is 1.83. The number of para-hydroxylation sites is 1. The third-order valence-electron chi connectivity index (χ3n) is 3.55. The van der Waals surface area contributed by atoms with Gasteiger partial charge in [0.15, 0.2) is 0 Å². The normalized spacial score (nSPS) is 18.4. The molecule has 0 bridgehead atoms. The van der Waals surface area contributed by atoms with E-state index in [9.17, 15) is 4.79 Å². The highest BCUT2D eigenvalue weighted by molar-refractivity contribution is 5.99. The molecule has 5 nitrogen and oxygen atoms in total. The van der Waals surface area contributed by atoms with Crippen LogP contribution in [-0.2, 0) is 9.47 Å². The smallest absolute Gasteiger partial charge is 0.255 e. The summed E-state index contributed by atoms with van der Waals surface area (Å²) in [6.45, 7) is 3.39. The van der Waals surface area contributed by atoms with Crippen molar-refractivity contribution >= 4 is 11.6 Å². The van der Waals surface area contributed by atoms with Crippen LogP contribution < -0.4 is 5.73 Å². The lowest BCUT2D eigenvalue weighted by atomic mass is 10.1. The number of ether oxygens (including phenoxy) is 2. The summed E-state index contributed by atoms with van der Waals surface area (Å²) >= 11 is 0. The molecule has 1 aliphatic heterocycles. The molecule has 0 aliphatic carbocycles. The van der Waals surface area contributed by atoms with E-state index in [-0.39, 0.29) is 5.91 Å². The molecule has 1 heterocycles. The van der Waals surface area contributed by atoms with Crippen LogP contribution in [0, 0.1) is 5.92 Å². The van der Waals surface area contributed by atoms with E-state index >= 15 is 0 Å². The van der Waals surface area contributed by atoms with E-state index in [4.69, 9.17) is 15.2 Å². The molecule has 0 aromatic heterocycles. The van der Waals surface area contributed by atoms with Gasteiger partial charge in [0.05, 0.1) is 25.4 Å². The molecule has 1 aromatic rings. The second-order valence-electron chi connectivity index (χ2n) is 5.06. The van der Waals surface area contributed by atoms with Gasteiger partial charge in [-0.15, -0.1) is 0 Å². The topological polar surface area (TPSA) is 64.8 Å². The van der Waals surface area contributed by atoms with Crippen molar-refractivity contribution in [3.63, 3.8) is 0 Å². The number of nitrogens with zero attached hydrogens (tertiary/aromatic N) is 1. The first kappa shape index (κ1) is 14.8. The van der Waals surface area contributed by atoms with Crippen molar-refractivity contribution in [1.29, 1.82) is 0 Å². The van der Waals surface area contributed by atoms with Crippen LogP contribution in [0.5, 0.6) is 0 Å². The standard InChI is InChI=1S/C15H22N2O3/c1-19-8-9-20-11-12-6-7-17(10-12)15(18)13-4-2-3-5-14(13)16/h2-5,12H,6-11,16H2,1H3. The lowest BCUT2D eigenvalue weighted by Crippen LogP contribution is -2.30. The number of rotatable bonds is 6. The quantitative estimate of drug-likeness (QED) is 0.631. The zero-order chi connectivity index (χ0) is 14.4. The second-order valence-corrected chi connectivity index (χ2v) is 5.06. The third-order valence-corrected chi connectivity index (χ3v) is 3.55. The molecular weight excluding hydrogens is 256 g/mol. The van der Waals surface area contributed by atoms with Crippen LogP contribution in [0.2, 0.25) is 0 Å². The molecule has 110 valence electrons. The fourth-order valence-corrected chi connectivity index (χ4v) is 2.41. The van der Waals surface area contributed by atoms with Gasteiger partial charge in [0.1, 0.15) is 0 Å². The van der Waals surface area contributed by atoms with E-state index in [0.29, 0.717) is 37.0 Å². The number of nitrogens with two attached hydrogens (primary N) is 1. The van der Waals surface area contributed by atoms with Gasteiger partial charge in [-0.2, -0.15) is 0 Å². The average molecular weight is 278 g/mol. The van der Waals surface area contributed by atoms with Crippen molar-refractivity contribution in [1.82, 2.24) is 4.90 Å². The Labute approximate surface area is 119 Å². The Morgan fingerprint density at radius 3 is 2.95 bits per heavy atom. The molecule has 1 atom stereocenters. The molecule has 0 saturated carbocycles. The largest absolute Gasteiger partial charge is 0.398 e. The minimum absolute atomic E-state index is 0.0162. The minimum Gasteiger partial charge on any atom is -0.398 e. The van der Waals surface area contributed by atoms with E-state index in [1.807, 2.05) is 17.0 Å². The maximum Gasteiger partial charge on any atom is 0.255 e.